The van der Waals surface area contributed by atoms with Gasteiger partial charge in [0.05, 0.1) is 9.79 Å². The van der Waals surface area contributed by atoms with E-state index in [1.54, 1.807) is 12.1 Å². The van der Waals surface area contributed by atoms with Gasteiger partial charge < -0.3 is 9.11 Å². The van der Waals surface area contributed by atoms with Crippen molar-refractivity contribution in [2.75, 3.05) is 0 Å². The molecule has 0 spiro atoms. The molecular formula is C54H94MgO6S2. The fraction of sp³-hybridized carbons (Fsp3) is 0.778. The van der Waals surface area contributed by atoms with Crippen molar-refractivity contribution in [1.29, 1.82) is 0 Å². The molecule has 6 nitrogen and oxygen atoms in total. The van der Waals surface area contributed by atoms with Crippen molar-refractivity contribution >= 4 is 43.3 Å². The zero-order chi connectivity index (χ0) is 45.3. The first-order chi connectivity index (χ1) is 30.1. The third-order valence-corrected chi connectivity index (χ3v) is 14.2. The summed E-state index contributed by atoms with van der Waals surface area (Å²) in [5, 5.41) is 0. The van der Waals surface area contributed by atoms with Crippen LogP contribution in [0.3, 0.4) is 0 Å². The third-order valence-electron chi connectivity index (χ3n) is 12.5. The van der Waals surface area contributed by atoms with E-state index in [1.807, 2.05) is 12.1 Å². The molecule has 63 heavy (non-hydrogen) atoms. The summed E-state index contributed by atoms with van der Waals surface area (Å²) in [6.07, 6.45) is 53.5. The predicted octanol–water partition coefficient (Wildman–Crippen LogP) is 16.7. The van der Waals surface area contributed by atoms with Gasteiger partial charge in [-0.05, 0) is 61.1 Å². The minimum atomic E-state index is -4.34. The Hall–Kier alpha value is -0.974. The van der Waals surface area contributed by atoms with Gasteiger partial charge in [-0.15, -0.1) is 0 Å². The van der Waals surface area contributed by atoms with Crippen LogP contribution in [-0.4, -0.2) is 49.0 Å². The van der Waals surface area contributed by atoms with Crippen LogP contribution >= 0.6 is 0 Å². The third kappa shape index (κ3) is 39.9. The van der Waals surface area contributed by atoms with Gasteiger partial charge in [0, 0.05) is 0 Å². The van der Waals surface area contributed by atoms with E-state index < -0.39 is 20.2 Å². The number of benzene rings is 2. The molecule has 0 bridgehead atoms. The van der Waals surface area contributed by atoms with E-state index in [9.17, 15) is 25.9 Å². The van der Waals surface area contributed by atoms with Crippen LogP contribution < -0.4 is 0 Å². The van der Waals surface area contributed by atoms with Crippen LogP contribution in [0.5, 0.6) is 0 Å². The van der Waals surface area contributed by atoms with E-state index in [2.05, 4.69) is 13.8 Å². The average molecular weight is 928 g/mol. The topological polar surface area (TPSA) is 114 Å². The molecule has 0 fully saturated rings. The van der Waals surface area contributed by atoms with E-state index >= 15 is 0 Å². The van der Waals surface area contributed by atoms with Gasteiger partial charge in [-0.2, -0.15) is 0 Å². The standard InChI is InChI=1S/2C27H48O3S.Mg/c2*1-2-3-4-5-6-7-8-9-10-11-12-13-14-15-16-17-18-19-20-22-26-23-21-24-27(25-26)31(28,29)30;/h2*21,23-25H,2-20,22H2,1H3,(H,28,29,30);/q;;+2/p-2. The summed E-state index contributed by atoms with van der Waals surface area (Å²) in [6, 6.07) is 12.9. The summed E-state index contributed by atoms with van der Waals surface area (Å²) in [5.41, 5.74) is 1.90. The molecule has 0 aliphatic rings. The summed E-state index contributed by atoms with van der Waals surface area (Å²) in [5.74, 6) is 0. The Labute approximate surface area is 406 Å². The Kier molecular flexibility index (Phi) is 42.9. The van der Waals surface area contributed by atoms with E-state index in [0.29, 0.717) is 0 Å². The number of aryl methyl sites for hydroxylation is 2. The zero-order valence-corrected chi connectivity index (χ0v) is 43.9. The molecule has 0 amide bonds. The SMILES string of the molecule is CCCCCCCCCCCCCCCCCCCCCc1cccc(S(=O)(=O)[O-])c1.CCCCCCCCCCCCCCCCCCCCCc1cccc(S(=O)(=O)[O-])c1.[Mg+2]. The van der Waals surface area contributed by atoms with Crippen LogP contribution in [0.1, 0.15) is 269 Å². The largest absolute Gasteiger partial charge is 2.00 e. The van der Waals surface area contributed by atoms with Crippen molar-refractivity contribution in [1.82, 2.24) is 0 Å². The van der Waals surface area contributed by atoms with Crippen LogP contribution in [-0.2, 0) is 33.1 Å². The van der Waals surface area contributed by atoms with Gasteiger partial charge in [0.25, 0.3) is 0 Å². The molecule has 2 aromatic carbocycles. The van der Waals surface area contributed by atoms with Gasteiger partial charge in [0.2, 0.25) is 0 Å². The Morgan fingerprint density at radius 3 is 0.698 bits per heavy atom. The molecule has 360 valence electrons. The summed E-state index contributed by atoms with van der Waals surface area (Å²) in [7, 11) is -8.68. The average Bonchev–Trinajstić information content (AvgIpc) is 3.25. The summed E-state index contributed by atoms with van der Waals surface area (Å²) in [4.78, 5) is -0.217. The minimum Gasteiger partial charge on any atom is -0.744 e. The number of hydrogen-bond donors (Lipinski definition) is 0. The van der Waals surface area contributed by atoms with Crippen molar-refractivity contribution in [3.05, 3.63) is 59.7 Å². The van der Waals surface area contributed by atoms with E-state index in [0.717, 1.165) is 36.8 Å². The van der Waals surface area contributed by atoms with Gasteiger partial charge in [-0.25, -0.2) is 16.8 Å². The maximum Gasteiger partial charge on any atom is 2.00 e. The molecule has 0 saturated carbocycles. The van der Waals surface area contributed by atoms with Crippen LogP contribution in [0, 0.1) is 0 Å². The normalized spacial score (nSPS) is 11.6. The molecule has 0 saturated heterocycles. The van der Waals surface area contributed by atoms with Gasteiger partial charge in [-0.1, -0.05) is 269 Å². The molecule has 0 atom stereocenters. The number of unbranched alkanes of at least 4 members (excludes halogenated alkanes) is 36. The molecule has 0 N–H and O–H groups in total. The molecule has 2 aromatic rings. The van der Waals surface area contributed by atoms with Crippen LogP contribution in [0.15, 0.2) is 58.3 Å². The summed E-state index contributed by atoms with van der Waals surface area (Å²) < 4.78 is 66.5. The second kappa shape index (κ2) is 43.6. The van der Waals surface area contributed by atoms with Crippen LogP contribution in [0.4, 0.5) is 0 Å². The second-order valence-corrected chi connectivity index (χ2v) is 21.2. The van der Waals surface area contributed by atoms with Gasteiger partial charge in [-0.3, -0.25) is 0 Å². The van der Waals surface area contributed by atoms with Crippen molar-refractivity contribution in [3.63, 3.8) is 0 Å². The summed E-state index contributed by atoms with van der Waals surface area (Å²) >= 11 is 0. The first-order valence-corrected chi connectivity index (χ1v) is 29.0. The van der Waals surface area contributed by atoms with Crippen molar-refractivity contribution < 1.29 is 25.9 Å². The number of hydrogen-bond acceptors (Lipinski definition) is 6. The summed E-state index contributed by atoms with van der Waals surface area (Å²) in [6.45, 7) is 4.56. The van der Waals surface area contributed by atoms with Crippen LogP contribution in [0.25, 0.3) is 0 Å². The molecule has 9 heteroatoms. The molecule has 0 heterocycles. The Morgan fingerprint density at radius 1 is 0.317 bits per heavy atom. The smallest absolute Gasteiger partial charge is 0.744 e. The Balaban J connectivity index is 0.00000120. The van der Waals surface area contributed by atoms with Gasteiger partial charge in [0.15, 0.2) is 0 Å². The molecule has 0 radical (unpaired) electrons. The molecule has 0 aliphatic carbocycles. The van der Waals surface area contributed by atoms with Gasteiger partial charge in [0.1, 0.15) is 20.2 Å². The first kappa shape index (κ1) is 62.0. The van der Waals surface area contributed by atoms with E-state index in [-0.39, 0.29) is 32.8 Å². The first-order valence-electron chi connectivity index (χ1n) is 26.2. The monoisotopic (exact) mass is 927 g/mol. The Bertz CT molecular complexity index is 1400. The predicted molar refractivity (Wildman–Crippen MR) is 269 cm³/mol. The zero-order valence-electron chi connectivity index (χ0n) is 40.9. The molecule has 2 rings (SSSR count). The fourth-order valence-electron chi connectivity index (χ4n) is 8.53. The minimum absolute atomic E-state index is 0. The quantitative estimate of drug-likeness (QED) is 0.0372. The van der Waals surface area contributed by atoms with E-state index in [4.69, 9.17) is 0 Å². The second-order valence-electron chi connectivity index (χ2n) is 18.4. The van der Waals surface area contributed by atoms with Crippen molar-refractivity contribution in [2.45, 2.75) is 280 Å². The fourth-order valence-corrected chi connectivity index (χ4v) is 9.61. The maximum atomic E-state index is 11.1. The van der Waals surface area contributed by atoms with Crippen LogP contribution in [0.2, 0.25) is 0 Å². The Morgan fingerprint density at radius 2 is 0.508 bits per heavy atom. The van der Waals surface area contributed by atoms with Crippen molar-refractivity contribution in [3.8, 4) is 0 Å². The molecule has 0 aliphatic heterocycles. The number of rotatable bonds is 42. The van der Waals surface area contributed by atoms with Crippen molar-refractivity contribution in [2.24, 2.45) is 0 Å². The van der Waals surface area contributed by atoms with E-state index in [1.165, 1.54) is 255 Å². The molecule has 0 aromatic heterocycles. The molecular weight excluding hydrogens is 833 g/mol. The maximum absolute atomic E-state index is 11.1. The van der Waals surface area contributed by atoms with Gasteiger partial charge >= 0.3 is 23.1 Å². The molecule has 0 unspecified atom stereocenters.